The molecule has 1 aliphatic rings. The number of azide groups is 1. The van der Waals surface area contributed by atoms with E-state index in [2.05, 4.69) is 15.3 Å². The molecule has 0 aliphatic carbocycles. The Bertz CT molecular complexity index is 1540. The van der Waals surface area contributed by atoms with Crippen LogP contribution in [0.15, 0.2) is 93.9 Å². The quantitative estimate of drug-likeness (QED) is 0.134. The van der Waals surface area contributed by atoms with Crippen LogP contribution in [-0.4, -0.2) is 56.9 Å². The molecule has 41 heavy (non-hydrogen) atoms. The minimum absolute atomic E-state index is 0.00782. The third-order valence-corrected chi connectivity index (χ3v) is 8.49. The van der Waals surface area contributed by atoms with Gasteiger partial charge in [0.1, 0.15) is 5.75 Å². The van der Waals surface area contributed by atoms with Gasteiger partial charge in [0, 0.05) is 37.0 Å². The molecule has 0 radical (unpaired) electrons. The molecule has 214 valence electrons. The fourth-order valence-corrected chi connectivity index (χ4v) is 6.03. The van der Waals surface area contributed by atoms with Crippen LogP contribution in [-0.2, 0) is 25.9 Å². The van der Waals surface area contributed by atoms with E-state index in [0.29, 0.717) is 35.5 Å². The lowest BCUT2D eigenvalue weighted by Gasteiger charge is -2.31. The van der Waals surface area contributed by atoms with Crippen LogP contribution in [0.2, 0.25) is 0 Å². The SMILES string of the molecule is CNC(=O)[C@]1(CCS(=O)(=O)c2ccccc2)N=C(c2ccc(OCCCO)cc2)O[C@@H]1c1ccccc1CN=[N+]=[N-]. The van der Waals surface area contributed by atoms with Crippen molar-refractivity contribution in [1.29, 1.82) is 0 Å². The number of nitrogens with one attached hydrogen (secondary N) is 1. The molecule has 0 saturated heterocycles. The zero-order chi connectivity index (χ0) is 29.3. The molecule has 2 N–H and O–H groups in total. The van der Waals surface area contributed by atoms with Gasteiger partial charge in [0.25, 0.3) is 5.91 Å². The molecule has 11 nitrogen and oxygen atoms in total. The van der Waals surface area contributed by atoms with Gasteiger partial charge in [-0.25, -0.2) is 13.4 Å². The van der Waals surface area contributed by atoms with E-state index in [9.17, 15) is 13.2 Å². The van der Waals surface area contributed by atoms with Crippen LogP contribution in [0.4, 0.5) is 0 Å². The summed E-state index contributed by atoms with van der Waals surface area (Å²) < 4.78 is 38.6. The molecule has 0 unspecified atom stereocenters. The first-order chi connectivity index (χ1) is 19.8. The smallest absolute Gasteiger partial charge is 0.252 e. The molecule has 0 spiro atoms. The first kappa shape index (κ1) is 29.6. The maximum atomic E-state index is 13.7. The number of aliphatic hydroxyl groups excluding tert-OH is 1. The van der Waals surface area contributed by atoms with Gasteiger partial charge in [0.05, 0.1) is 23.8 Å². The maximum absolute atomic E-state index is 13.7. The van der Waals surface area contributed by atoms with Crippen LogP contribution in [0.25, 0.3) is 10.4 Å². The van der Waals surface area contributed by atoms with Gasteiger partial charge in [0.15, 0.2) is 21.5 Å². The summed E-state index contributed by atoms with van der Waals surface area (Å²) in [7, 11) is -2.30. The molecule has 2 atom stereocenters. The molecule has 12 heteroatoms. The van der Waals surface area contributed by atoms with E-state index in [1.54, 1.807) is 66.7 Å². The molecular formula is C29H31N5O6S. The van der Waals surface area contributed by atoms with Gasteiger partial charge < -0.3 is 19.9 Å². The van der Waals surface area contributed by atoms with Crippen molar-refractivity contribution >= 4 is 21.6 Å². The van der Waals surface area contributed by atoms with Gasteiger partial charge in [-0.15, -0.1) is 0 Å². The Hall–Kier alpha value is -4.38. The van der Waals surface area contributed by atoms with Crippen LogP contribution >= 0.6 is 0 Å². The highest BCUT2D eigenvalue weighted by molar-refractivity contribution is 7.91. The molecule has 1 amide bonds. The van der Waals surface area contributed by atoms with Crippen molar-refractivity contribution in [2.75, 3.05) is 26.0 Å². The minimum atomic E-state index is -3.76. The first-order valence-electron chi connectivity index (χ1n) is 13.0. The second-order valence-electron chi connectivity index (χ2n) is 9.34. The summed E-state index contributed by atoms with van der Waals surface area (Å²) in [5, 5.41) is 15.3. The average molecular weight is 578 g/mol. The van der Waals surface area contributed by atoms with E-state index in [1.807, 2.05) is 0 Å². The summed E-state index contributed by atoms with van der Waals surface area (Å²) in [6.07, 6.45) is -0.681. The van der Waals surface area contributed by atoms with Crippen molar-refractivity contribution in [2.24, 2.45) is 10.1 Å². The number of benzene rings is 3. The number of hydrogen-bond donors (Lipinski definition) is 2. The minimum Gasteiger partial charge on any atom is -0.494 e. The summed E-state index contributed by atoms with van der Waals surface area (Å²) in [4.78, 5) is 21.4. The molecular weight excluding hydrogens is 546 g/mol. The molecule has 0 bridgehead atoms. The Labute approximate surface area is 238 Å². The van der Waals surface area contributed by atoms with Crippen molar-refractivity contribution in [3.05, 3.63) is 106 Å². The van der Waals surface area contributed by atoms with Crippen molar-refractivity contribution in [3.8, 4) is 5.75 Å². The number of likely N-dealkylation sites (N-methyl/N-ethyl adjacent to an activating group) is 1. The summed E-state index contributed by atoms with van der Waals surface area (Å²) in [5.74, 6) is -0.125. The predicted octanol–water partition coefficient (Wildman–Crippen LogP) is 4.13. The molecule has 1 aliphatic heterocycles. The second-order valence-corrected chi connectivity index (χ2v) is 11.4. The molecule has 0 fully saturated rings. The molecule has 3 aromatic rings. The Morgan fingerprint density at radius 2 is 1.83 bits per heavy atom. The number of hydrogen-bond acceptors (Lipinski definition) is 8. The lowest BCUT2D eigenvalue weighted by molar-refractivity contribution is -0.128. The number of sulfone groups is 1. The highest BCUT2D eigenvalue weighted by atomic mass is 32.2. The first-order valence-corrected chi connectivity index (χ1v) is 14.7. The number of rotatable bonds is 13. The van der Waals surface area contributed by atoms with Gasteiger partial charge in [-0.2, -0.15) is 0 Å². The second kappa shape index (κ2) is 13.3. The van der Waals surface area contributed by atoms with Crippen LogP contribution < -0.4 is 10.1 Å². The largest absolute Gasteiger partial charge is 0.494 e. The van der Waals surface area contributed by atoms with Crippen molar-refractivity contribution in [1.82, 2.24) is 5.32 Å². The fraction of sp³-hybridized carbons (Fsp3) is 0.310. The third kappa shape index (κ3) is 6.68. The van der Waals surface area contributed by atoms with E-state index in [1.165, 1.54) is 19.2 Å². The lowest BCUT2D eigenvalue weighted by atomic mass is 9.83. The Kier molecular flexibility index (Phi) is 9.61. The van der Waals surface area contributed by atoms with Crippen molar-refractivity contribution < 1.29 is 27.8 Å². The van der Waals surface area contributed by atoms with E-state index >= 15 is 0 Å². The number of amides is 1. The van der Waals surface area contributed by atoms with Gasteiger partial charge in [0.2, 0.25) is 5.90 Å². The van der Waals surface area contributed by atoms with Crippen LogP contribution in [0.1, 0.15) is 35.6 Å². The standard InChI is InChI=1S/C29H31N5O6S/c1-31-28(36)29(16-19-41(37,38)24-9-3-2-4-10-24)26(25-11-6-5-8-22(25)20-32-34-30)40-27(33-29)21-12-14-23(15-13-21)39-18-7-17-35/h2-6,8-15,26,35H,7,16-20H2,1H3,(H,31,36)/t26-,29-/m1/s1. The fourth-order valence-electron chi connectivity index (χ4n) is 4.64. The predicted molar refractivity (Wildman–Crippen MR) is 153 cm³/mol. The highest BCUT2D eigenvalue weighted by Gasteiger charge is 2.53. The number of carbonyl (C=O) groups excluding carboxylic acids is 1. The Balaban J connectivity index is 1.78. The third-order valence-electron chi connectivity index (χ3n) is 6.75. The number of aliphatic hydroxyl groups is 1. The molecule has 1 heterocycles. The summed E-state index contributed by atoms with van der Waals surface area (Å²) in [6, 6.07) is 22.0. The van der Waals surface area contributed by atoms with Gasteiger partial charge in [-0.1, -0.05) is 47.6 Å². The van der Waals surface area contributed by atoms with Crippen LogP contribution in [0, 0.1) is 0 Å². The Morgan fingerprint density at radius 1 is 1.12 bits per heavy atom. The number of nitrogens with zero attached hydrogens (tertiary/aromatic N) is 4. The number of carbonyl (C=O) groups is 1. The number of ether oxygens (including phenoxy) is 2. The molecule has 0 saturated carbocycles. The maximum Gasteiger partial charge on any atom is 0.252 e. The summed E-state index contributed by atoms with van der Waals surface area (Å²) in [5.41, 5.74) is 9.03. The van der Waals surface area contributed by atoms with E-state index in [0.717, 1.165) is 0 Å². The van der Waals surface area contributed by atoms with E-state index in [-0.39, 0.29) is 36.1 Å². The van der Waals surface area contributed by atoms with Gasteiger partial charge in [-0.05, 0) is 53.1 Å². The van der Waals surface area contributed by atoms with Crippen LogP contribution in [0.3, 0.4) is 0 Å². The monoisotopic (exact) mass is 577 g/mol. The summed E-state index contributed by atoms with van der Waals surface area (Å²) >= 11 is 0. The van der Waals surface area contributed by atoms with Gasteiger partial charge >= 0.3 is 0 Å². The molecule has 0 aromatic heterocycles. The zero-order valence-corrected chi connectivity index (χ0v) is 23.3. The average Bonchev–Trinajstić information content (AvgIpc) is 3.40. The van der Waals surface area contributed by atoms with Crippen LogP contribution in [0.5, 0.6) is 5.75 Å². The normalized spacial score (nSPS) is 18.1. The highest BCUT2D eigenvalue weighted by Crippen LogP contribution is 2.44. The molecule has 4 rings (SSSR count). The topological polar surface area (TPSA) is 163 Å². The lowest BCUT2D eigenvalue weighted by Crippen LogP contribution is -2.48. The summed E-state index contributed by atoms with van der Waals surface area (Å²) in [6.45, 7) is 0.383. The zero-order valence-electron chi connectivity index (χ0n) is 22.5. The van der Waals surface area contributed by atoms with E-state index < -0.39 is 27.4 Å². The van der Waals surface area contributed by atoms with Crippen molar-refractivity contribution in [2.45, 2.75) is 35.9 Å². The van der Waals surface area contributed by atoms with Gasteiger partial charge in [-0.3, -0.25) is 4.79 Å². The Morgan fingerprint density at radius 3 is 2.51 bits per heavy atom. The number of aliphatic imine (C=N–C) groups is 1. The molecule has 3 aromatic carbocycles. The van der Waals surface area contributed by atoms with E-state index in [4.69, 9.17) is 25.1 Å². The van der Waals surface area contributed by atoms with Crippen molar-refractivity contribution in [3.63, 3.8) is 0 Å².